The maximum atomic E-state index is 12.5. The van der Waals surface area contributed by atoms with E-state index in [4.69, 9.17) is 18.0 Å². The number of carbonyl (C=O) groups is 2. The molecule has 1 aliphatic carbocycles. The number of hydrogen-bond acceptors (Lipinski definition) is 4. The van der Waals surface area contributed by atoms with Gasteiger partial charge in [0, 0.05) is 10.4 Å². The number of nitrogens with two attached hydrogens (primary N) is 1. The van der Waals surface area contributed by atoms with Gasteiger partial charge in [-0.1, -0.05) is 39.8 Å². The van der Waals surface area contributed by atoms with E-state index in [1.165, 1.54) is 16.2 Å². The number of primary amides is 1. The van der Waals surface area contributed by atoms with Gasteiger partial charge in [0.15, 0.2) is 5.11 Å². The maximum Gasteiger partial charge on any atom is 0.257 e. The molecule has 5 nitrogen and oxygen atoms in total. The van der Waals surface area contributed by atoms with Gasteiger partial charge in [-0.15, -0.1) is 11.3 Å². The van der Waals surface area contributed by atoms with Crippen molar-refractivity contribution >= 4 is 45.5 Å². The summed E-state index contributed by atoms with van der Waals surface area (Å²) in [7, 11) is 0. The fraction of sp³-hybridized carbons (Fsp3) is 0.435. The average molecular weight is 444 g/mol. The van der Waals surface area contributed by atoms with Crippen molar-refractivity contribution in [1.29, 1.82) is 0 Å². The Bertz CT molecular complexity index is 972. The number of nitrogens with one attached hydrogen (secondary N) is 2. The largest absolute Gasteiger partial charge is 0.365 e. The molecule has 1 unspecified atom stereocenters. The fourth-order valence-corrected chi connectivity index (χ4v) is 5.47. The number of anilines is 1. The minimum Gasteiger partial charge on any atom is -0.365 e. The van der Waals surface area contributed by atoms with Crippen molar-refractivity contribution in [2.75, 3.05) is 5.32 Å². The lowest BCUT2D eigenvalue weighted by Gasteiger charge is -2.33. The van der Waals surface area contributed by atoms with Crippen LogP contribution in [0.1, 0.15) is 70.8 Å². The van der Waals surface area contributed by atoms with Crippen molar-refractivity contribution in [3.63, 3.8) is 0 Å². The summed E-state index contributed by atoms with van der Waals surface area (Å²) >= 11 is 6.86. The lowest BCUT2D eigenvalue weighted by Crippen LogP contribution is -2.34. The molecule has 0 fully saturated rings. The molecule has 1 aliphatic rings. The SMILES string of the molecule is CCc1ccc(C(=O)NC(=S)Nc2sc3c(c2C(N)=O)CCC(C(C)(C)C)C3)cc1. The van der Waals surface area contributed by atoms with Crippen molar-refractivity contribution in [2.24, 2.45) is 17.1 Å². The van der Waals surface area contributed by atoms with Crippen molar-refractivity contribution in [3.8, 4) is 0 Å². The maximum absolute atomic E-state index is 12.5. The number of benzene rings is 1. The van der Waals surface area contributed by atoms with Gasteiger partial charge in [0.2, 0.25) is 0 Å². The molecule has 1 heterocycles. The van der Waals surface area contributed by atoms with E-state index < -0.39 is 5.91 Å². The number of fused-ring (bicyclic) bond motifs is 1. The summed E-state index contributed by atoms with van der Waals surface area (Å²) in [6.07, 6.45) is 3.70. The molecule has 0 radical (unpaired) electrons. The summed E-state index contributed by atoms with van der Waals surface area (Å²) in [5, 5.41) is 6.52. The summed E-state index contributed by atoms with van der Waals surface area (Å²) < 4.78 is 0. The van der Waals surface area contributed by atoms with Crippen LogP contribution in [0.2, 0.25) is 0 Å². The molecule has 1 atom stereocenters. The highest BCUT2D eigenvalue weighted by atomic mass is 32.1. The Kier molecular flexibility index (Phi) is 6.62. The Morgan fingerprint density at radius 1 is 1.23 bits per heavy atom. The minimum atomic E-state index is -0.464. The molecule has 0 saturated heterocycles. The Hall–Kier alpha value is -2.25. The van der Waals surface area contributed by atoms with Crippen LogP contribution < -0.4 is 16.4 Å². The molecule has 30 heavy (non-hydrogen) atoms. The van der Waals surface area contributed by atoms with E-state index in [1.54, 1.807) is 12.1 Å². The number of thiocarbonyl (C=S) groups is 1. The molecule has 2 amide bonds. The summed E-state index contributed by atoms with van der Waals surface area (Å²) in [4.78, 5) is 25.8. The standard InChI is InChI=1S/C23H29N3O2S2/c1-5-13-6-8-14(9-7-13)20(28)25-22(29)26-21-18(19(24)27)16-11-10-15(23(2,3)4)12-17(16)30-21/h6-9,15H,5,10-12H2,1-4H3,(H2,24,27)(H2,25,26,28,29). The Morgan fingerprint density at radius 3 is 2.47 bits per heavy atom. The van der Waals surface area contributed by atoms with Gasteiger partial charge < -0.3 is 11.1 Å². The van der Waals surface area contributed by atoms with Gasteiger partial charge in [-0.25, -0.2) is 0 Å². The Balaban J connectivity index is 1.75. The van der Waals surface area contributed by atoms with Crippen LogP contribution in [0.3, 0.4) is 0 Å². The molecule has 0 bridgehead atoms. The first kappa shape index (κ1) is 22.4. The van der Waals surface area contributed by atoms with Crippen LogP contribution in [-0.4, -0.2) is 16.9 Å². The zero-order valence-corrected chi connectivity index (χ0v) is 19.6. The highest BCUT2D eigenvalue weighted by molar-refractivity contribution is 7.80. The van der Waals surface area contributed by atoms with Gasteiger partial charge >= 0.3 is 0 Å². The molecule has 2 aromatic rings. The van der Waals surface area contributed by atoms with E-state index in [2.05, 4.69) is 38.3 Å². The first-order valence-corrected chi connectivity index (χ1v) is 11.5. The van der Waals surface area contributed by atoms with E-state index in [0.29, 0.717) is 22.0 Å². The predicted molar refractivity (Wildman–Crippen MR) is 127 cm³/mol. The predicted octanol–water partition coefficient (Wildman–Crippen LogP) is 4.69. The summed E-state index contributed by atoms with van der Waals surface area (Å²) in [6.45, 7) is 8.82. The zero-order chi connectivity index (χ0) is 22.1. The van der Waals surface area contributed by atoms with E-state index >= 15 is 0 Å². The number of thiophene rings is 1. The first-order valence-electron chi connectivity index (χ1n) is 10.3. The van der Waals surface area contributed by atoms with Gasteiger partial charge in [-0.3, -0.25) is 14.9 Å². The topological polar surface area (TPSA) is 84.2 Å². The molecule has 1 aromatic heterocycles. The highest BCUT2D eigenvalue weighted by Gasteiger charge is 2.33. The lowest BCUT2D eigenvalue weighted by atomic mass is 9.72. The number of rotatable bonds is 4. The van der Waals surface area contributed by atoms with Crippen LogP contribution in [0.25, 0.3) is 0 Å². The Labute approximate surface area is 187 Å². The molecule has 0 spiro atoms. The van der Waals surface area contributed by atoms with Crippen LogP contribution in [0.15, 0.2) is 24.3 Å². The molecular formula is C23H29N3O2S2. The van der Waals surface area contributed by atoms with Gasteiger partial charge in [0.05, 0.1) is 5.56 Å². The number of hydrogen-bond donors (Lipinski definition) is 3. The second-order valence-electron chi connectivity index (χ2n) is 8.84. The molecule has 0 aliphatic heterocycles. The second kappa shape index (κ2) is 8.86. The third-order valence-corrected chi connectivity index (χ3v) is 7.19. The van der Waals surface area contributed by atoms with Gasteiger partial charge in [-0.2, -0.15) is 0 Å². The Morgan fingerprint density at radius 2 is 1.90 bits per heavy atom. The number of amides is 2. The van der Waals surface area contributed by atoms with Crippen molar-refractivity contribution in [3.05, 3.63) is 51.4 Å². The van der Waals surface area contributed by atoms with E-state index in [9.17, 15) is 9.59 Å². The molecule has 3 rings (SSSR count). The minimum absolute atomic E-state index is 0.160. The zero-order valence-electron chi connectivity index (χ0n) is 17.9. The summed E-state index contributed by atoms with van der Waals surface area (Å²) in [5.41, 5.74) is 9.13. The molecular weight excluding hydrogens is 414 g/mol. The van der Waals surface area contributed by atoms with E-state index in [0.717, 1.165) is 36.8 Å². The van der Waals surface area contributed by atoms with Crippen LogP contribution in [0.4, 0.5) is 5.00 Å². The smallest absolute Gasteiger partial charge is 0.257 e. The summed E-state index contributed by atoms with van der Waals surface area (Å²) in [6, 6.07) is 7.41. The molecule has 160 valence electrons. The molecule has 1 aromatic carbocycles. The fourth-order valence-electron chi connectivity index (χ4n) is 3.88. The van der Waals surface area contributed by atoms with Gasteiger partial charge in [0.25, 0.3) is 11.8 Å². The molecule has 7 heteroatoms. The van der Waals surface area contributed by atoms with Crippen molar-refractivity contribution in [1.82, 2.24) is 5.32 Å². The van der Waals surface area contributed by atoms with Crippen LogP contribution in [-0.2, 0) is 19.3 Å². The molecule has 0 saturated carbocycles. The van der Waals surface area contributed by atoms with Crippen molar-refractivity contribution in [2.45, 2.75) is 53.4 Å². The monoisotopic (exact) mass is 443 g/mol. The lowest BCUT2D eigenvalue weighted by molar-refractivity contribution is 0.0975. The van der Waals surface area contributed by atoms with Gasteiger partial charge in [0.1, 0.15) is 5.00 Å². The van der Waals surface area contributed by atoms with Crippen LogP contribution in [0, 0.1) is 11.3 Å². The second-order valence-corrected chi connectivity index (χ2v) is 10.4. The third kappa shape index (κ3) is 4.90. The quantitative estimate of drug-likeness (QED) is 0.599. The molecule has 4 N–H and O–H groups in total. The highest BCUT2D eigenvalue weighted by Crippen LogP contribution is 2.44. The van der Waals surface area contributed by atoms with Crippen molar-refractivity contribution < 1.29 is 9.59 Å². The third-order valence-electron chi connectivity index (χ3n) is 5.81. The van der Waals surface area contributed by atoms with Gasteiger partial charge in [-0.05, 0) is 72.5 Å². The normalized spacial score (nSPS) is 15.9. The first-order chi connectivity index (χ1) is 14.1. The van der Waals surface area contributed by atoms with Crippen LogP contribution in [0.5, 0.6) is 0 Å². The van der Waals surface area contributed by atoms with Crippen LogP contribution >= 0.6 is 23.6 Å². The average Bonchev–Trinajstić information content (AvgIpc) is 3.04. The number of aryl methyl sites for hydroxylation is 1. The number of carbonyl (C=O) groups excluding carboxylic acids is 2. The summed E-state index contributed by atoms with van der Waals surface area (Å²) in [5.74, 6) is -0.201. The van der Waals surface area contributed by atoms with E-state index in [-0.39, 0.29) is 16.4 Å². The van der Waals surface area contributed by atoms with E-state index in [1.807, 2.05) is 12.1 Å².